The number of carbonyl (C=O) groups excluding carboxylic acids is 1. The van der Waals surface area contributed by atoms with Gasteiger partial charge in [-0.15, -0.1) is 0 Å². The zero-order valence-corrected chi connectivity index (χ0v) is 15.6. The largest absolute Gasteiger partial charge is 0.480 e. The van der Waals surface area contributed by atoms with Gasteiger partial charge < -0.3 is 9.67 Å². The molecule has 2 heterocycles. The normalized spacial score (nSPS) is 26.2. The number of aromatic nitrogens is 1. The Morgan fingerprint density at radius 2 is 1.89 bits per heavy atom. The molecule has 3 rings (SSSR count). The van der Waals surface area contributed by atoms with Crippen molar-refractivity contribution in [2.75, 3.05) is 6.54 Å². The van der Waals surface area contributed by atoms with Crippen molar-refractivity contribution in [2.24, 2.45) is 5.92 Å². The number of aliphatic carboxylic acids is 1. The first kappa shape index (κ1) is 19.9. The summed E-state index contributed by atoms with van der Waals surface area (Å²) < 4.78 is 39.4. The minimum Gasteiger partial charge on any atom is -0.480 e. The van der Waals surface area contributed by atoms with E-state index in [1.54, 1.807) is 11.8 Å². The molecule has 1 aliphatic carbocycles. The molecular formula is C19H25F3N2O3. The van der Waals surface area contributed by atoms with Gasteiger partial charge in [0.05, 0.1) is 6.54 Å². The summed E-state index contributed by atoms with van der Waals surface area (Å²) in [6.07, 6.45) is 0.105. The SMILES string of the molecule is Cc1cc(C(=O)CN2C(C(=O)O)CC3CCCCC32)c(C)n1CC(F)(F)F. The molecule has 5 nitrogen and oxygen atoms in total. The van der Waals surface area contributed by atoms with Gasteiger partial charge >= 0.3 is 12.1 Å². The monoisotopic (exact) mass is 386 g/mol. The maximum Gasteiger partial charge on any atom is 0.406 e. The van der Waals surface area contributed by atoms with Gasteiger partial charge in [-0.05, 0) is 45.1 Å². The molecule has 1 saturated carbocycles. The number of aryl methyl sites for hydroxylation is 1. The van der Waals surface area contributed by atoms with Gasteiger partial charge in [0, 0.05) is 23.0 Å². The van der Waals surface area contributed by atoms with Crippen molar-refractivity contribution < 1.29 is 27.9 Å². The highest BCUT2D eigenvalue weighted by Crippen LogP contribution is 2.40. The number of carboxylic acids is 1. The molecule has 1 N–H and O–H groups in total. The Hall–Kier alpha value is -1.83. The number of rotatable bonds is 5. The Kier molecular flexibility index (Phi) is 5.38. The fourth-order valence-electron chi connectivity index (χ4n) is 4.78. The lowest BCUT2D eigenvalue weighted by molar-refractivity contribution is -0.143. The summed E-state index contributed by atoms with van der Waals surface area (Å²) in [5, 5.41) is 9.56. The van der Waals surface area contributed by atoms with Gasteiger partial charge in [-0.25, -0.2) is 0 Å². The van der Waals surface area contributed by atoms with Crippen molar-refractivity contribution >= 4 is 11.8 Å². The molecule has 0 bridgehead atoms. The average molecular weight is 386 g/mol. The third kappa shape index (κ3) is 4.05. The molecule has 150 valence electrons. The molecule has 1 aliphatic heterocycles. The molecule has 0 spiro atoms. The van der Waals surface area contributed by atoms with Crippen molar-refractivity contribution in [2.45, 2.75) is 70.8 Å². The van der Waals surface area contributed by atoms with E-state index in [-0.39, 0.29) is 35.5 Å². The second-order valence-electron chi connectivity index (χ2n) is 7.78. The number of carbonyl (C=O) groups is 2. The molecule has 0 amide bonds. The Morgan fingerprint density at radius 1 is 1.22 bits per heavy atom. The number of hydrogen-bond donors (Lipinski definition) is 1. The summed E-state index contributed by atoms with van der Waals surface area (Å²) in [7, 11) is 0. The molecule has 3 unspecified atom stereocenters. The lowest BCUT2D eigenvalue weighted by Crippen LogP contribution is -2.45. The van der Waals surface area contributed by atoms with Gasteiger partial charge in [0.2, 0.25) is 0 Å². The van der Waals surface area contributed by atoms with Crippen LogP contribution in [0.3, 0.4) is 0 Å². The number of nitrogens with zero attached hydrogens (tertiary/aromatic N) is 2. The smallest absolute Gasteiger partial charge is 0.406 e. The summed E-state index contributed by atoms with van der Waals surface area (Å²) in [4.78, 5) is 26.3. The molecule has 0 aromatic carbocycles. The number of halogens is 3. The van der Waals surface area contributed by atoms with Crippen LogP contribution in [0.25, 0.3) is 0 Å². The minimum absolute atomic E-state index is 0.0611. The zero-order chi connectivity index (χ0) is 19.9. The first-order valence-corrected chi connectivity index (χ1v) is 9.33. The molecule has 3 atom stereocenters. The zero-order valence-electron chi connectivity index (χ0n) is 15.6. The van der Waals surface area contributed by atoms with E-state index in [9.17, 15) is 27.9 Å². The summed E-state index contributed by atoms with van der Waals surface area (Å²) in [5.41, 5.74) is 0.904. The number of Topliss-reactive ketones (excluding diaryl/α,β-unsaturated/α-hetero) is 1. The minimum atomic E-state index is -4.37. The molecule has 1 saturated heterocycles. The van der Waals surface area contributed by atoms with Gasteiger partial charge in [-0.3, -0.25) is 14.5 Å². The number of hydrogen-bond acceptors (Lipinski definition) is 3. The van der Waals surface area contributed by atoms with E-state index in [0.717, 1.165) is 30.3 Å². The van der Waals surface area contributed by atoms with E-state index in [2.05, 4.69) is 0 Å². The Bertz CT molecular complexity index is 741. The van der Waals surface area contributed by atoms with Crippen molar-refractivity contribution in [1.29, 1.82) is 0 Å². The van der Waals surface area contributed by atoms with Gasteiger partial charge in [0.1, 0.15) is 12.6 Å². The van der Waals surface area contributed by atoms with Crippen LogP contribution >= 0.6 is 0 Å². The van der Waals surface area contributed by atoms with Crippen LogP contribution in [0, 0.1) is 19.8 Å². The number of ketones is 1. The van der Waals surface area contributed by atoms with Crippen LogP contribution in [-0.4, -0.2) is 51.1 Å². The molecule has 8 heteroatoms. The summed E-state index contributed by atoms with van der Waals surface area (Å²) in [6.45, 7) is 1.86. The number of fused-ring (bicyclic) bond motifs is 1. The quantitative estimate of drug-likeness (QED) is 0.786. The Balaban J connectivity index is 1.82. The third-order valence-electron chi connectivity index (χ3n) is 6.04. The molecular weight excluding hydrogens is 361 g/mol. The van der Waals surface area contributed by atoms with E-state index >= 15 is 0 Å². The number of likely N-dealkylation sites (tertiary alicyclic amines) is 1. The standard InChI is InChI=1S/C19H25F3N2O3/c1-11-7-14(12(2)24(11)10-19(20,21)22)17(25)9-23-15-6-4-3-5-13(15)8-16(23)18(26)27/h7,13,15-16H,3-6,8-10H2,1-2H3,(H,26,27). The van der Waals surface area contributed by atoms with Crippen LogP contribution in [0.4, 0.5) is 13.2 Å². The van der Waals surface area contributed by atoms with Gasteiger partial charge in [-0.1, -0.05) is 12.8 Å². The Labute approximate surface area is 156 Å². The Morgan fingerprint density at radius 3 is 2.52 bits per heavy atom. The number of alkyl halides is 3. The molecule has 27 heavy (non-hydrogen) atoms. The summed E-state index contributed by atoms with van der Waals surface area (Å²) >= 11 is 0. The summed E-state index contributed by atoms with van der Waals surface area (Å²) in [6, 6.07) is 0.858. The van der Waals surface area contributed by atoms with Crippen molar-refractivity contribution in [3.63, 3.8) is 0 Å². The average Bonchev–Trinajstić information content (AvgIpc) is 3.07. The highest BCUT2D eigenvalue weighted by atomic mass is 19.4. The molecule has 1 aromatic rings. The lowest BCUT2D eigenvalue weighted by atomic mass is 9.84. The maximum absolute atomic E-state index is 12.9. The van der Waals surface area contributed by atoms with Crippen molar-refractivity contribution in [1.82, 2.24) is 9.47 Å². The highest BCUT2D eigenvalue weighted by Gasteiger charge is 2.46. The van der Waals surface area contributed by atoms with Crippen LogP contribution in [0.1, 0.15) is 53.8 Å². The van der Waals surface area contributed by atoms with E-state index in [1.165, 1.54) is 13.0 Å². The lowest BCUT2D eigenvalue weighted by Gasteiger charge is -2.32. The topological polar surface area (TPSA) is 62.5 Å². The van der Waals surface area contributed by atoms with Crippen molar-refractivity contribution in [3.05, 3.63) is 23.0 Å². The first-order valence-electron chi connectivity index (χ1n) is 9.33. The predicted octanol–water partition coefficient (Wildman–Crippen LogP) is 3.57. The molecule has 2 aliphatic rings. The van der Waals surface area contributed by atoms with Crippen LogP contribution in [0.5, 0.6) is 0 Å². The predicted molar refractivity (Wildman–Crippen MR) is 92.8 cm³/mol. The summed E-state index contributed by atoms with van der Waals surface area (Å²) in [5.74, 6) is -0.959. The van der Waals surface area contributed by atoms with Gasteiger partial charge in [-0.2, -0.15) is 13.2 Å². The van der Waals surface area contributed by atoms with Crippen LogP contribution in [0.15, 0.2) is 6.07 Å². The second kappa shape index (κ2) is 7.30. The van der Waals surface area contributed by atoms with Crippen molar-refractivity contribution in [3.8, 4) is 0 Å². The van der Waals surface area contributed by atoms with E-state index in [1.807, 2.05) is 0 Å². The van der Waals surface area contributed by atoms with E-state index in [0.29, 0.717) is 12.1 Å². The van der Waals surface area contributed by atoms with Crippen LogP contribution < -0.4 is 0 Å². The second-order valence-corrected chi connectivity index (χ2v) is 7.78. The van der Waals surface area contributed by atoms with Crippen LogP contribution in [0.2, 0.25) is 0 Å². The van der Waals surface area contributed by atoms with Gasteiger partial charge in [0.25, 0.3) is 0 Å². The molecule has 2 fully saturated rings. The fourth-order valence-corrected chi connectivity index (χ4v) is 4.78. The van der Waals surface area contributed by atoms with Crippen LogP contribution in [-0.2, 0) is 11.3 Å². The van der Waals surface area contributed by atoms with Gasteiger partial charge in [0.15, 0.2) is 5.78 Å². The fraction of sp³-hybridized carbons (Fsp3) is 0.684. The first-order chi connectivity index (χ1) is 12.6. The highest BCUT2D eigenvalue weighted by molar-refractivity contribution is 5.99. The number of carboxylic acid groups (broad SMARTS) is 1. The third-order valence-corrected chi connectivity index (χ3v) is 6.04. The van der Waals surface area contributed by atoms with E-state index in [4.69, 9.17) is 0 Å². The molecule has 0 radical (unpaired) electrons. The van der Waals surface area contributed by atoms with E-state index < -0.39 is 24.7 Å². The maximum atomic E-state index is 12.9. The molecule has 1 aromatic heterocycles.